The number of hydrogen-bond donors (Lipinski definition) is 0. The molecule has 0 N–H and O–H groups in total. The van der Waals surface area contributed by atoms with E-state index in [0.717, 1.165) is 34.0 Å². The highest BCUT2D eigenvalue weighted by atomic mass is 16.5. The summed E-state index contributed by atoms with van der Waals surface area (Å²) in [6, 6.07) is 9.72. The molecule has 0 saturated carbocycles. The summed E-state index contributed by atoms with van der Waals surface area (Å²) in [7, 11) is 3.30. The third-order valence-electron chi connectivity index (χ3n) is 5.41. The molecule has 166 valence electrons. The van der Waals surface area contributed by atoms with Crippen molar-refractivity contribution < 1.29 is 19.0 Å². The summed E-state index contributed by atoms with van der Waals surface area (Å²) in [5.74, 6) is 1.44. The summed E-state index contributed by atoms with van der Waals surface area (Å²) < 4.78 is 16.7. The van der Waals surface area contributed by atoms with Crippen LogP contribution in [0.3, 0.4) is 0 Å². The van der Waals surface area contributed by atoms with Crippen molar-refractivity contribution in [3.8, 4) is 11.5 Å². The quantitative estimate of drug-likeness (QED) is 0.589. The van der Waals surface area contributed by atoms with Crippen LogP contribution in [-0.4, -0.2) is 59.7 Å². The lowest BCUT2D eigenvalue weighted by Gasteiger charge is -2.32. The Kier molecular flexibility index (Phi) is 6.61. The van der Waals surface area contributed by atoms with E-state index in [1.54, 1.807) is 25.3 Å². The van der Waals surface area contributed by atoms with E-state index in [9.17, 15) is 4.79 Å². The van der Waals surface area contributed by atoms with Gasteiger partial charge in [-0.1, -0.05) is 6.07 Å². The zero-order valence-corrected chi connectivity index (χ0v) is 18.4. The van der Waals surface area contributed by atoms with E-state index in [1.165, 1.54) is 6.20 Å². The number of aromatic nitrogens is 3. The van der Waals surface area contributed by atoms with Crippen LogP contribution in [0.4, 0.5) is 0 Å². The van der Waals surface area contributed by atoms with Gasteiger partial charge in [0.2, 0.25) is 0 Å². The van der Waals surface area contributed by atoms with Gasteiger partial charge in [0.25, 0.3) is 5.91 Å². The average Bonchev–Trinajstić information content (AvgIpc) is 2.84. The van der Waals surface area contributed by atoms with Gasteiger partial charge in [-0.05, 0) is 36.8 Å². The summed E-state index contributed by atoms with van der Waals surface area (Å²) in [6.45, 7) is 3.22. The summed E-state index contributed by atoms with van der Waals surface area (Å²) >= 11 is 0. The second-order valence-electron chi connectivity index (χ2n) is 7.60. The number of morpholine rings is 1. The number of amides is 1. The first-order chi connectivity index (χ1) is 15.6. The Morgan fingerprint density at radius 2 is 1.97 bits per heavy atom. The van der Waals surface area contributed by atoms with Crippen molar-refractivity contribution >= 4 is 5.91 Å². The highest BCUT2D eigenvalue weighted by Gasteiger charge is 2.27. The minimum atomic E-state index is -0.286. The van der Waals surface area contributed by atoms with Crippen LogP contribution in [0.25, 0.3) is 0 Å². The summed E-state index contributed by atoms with van der Waals surface area (Å²) in [6.07, 6.45) is 5.33. The maximum Gasteiger partial charge on any atom is 0.274 e. The van der Waals surface area contributed by atoms with Gasteiger partial charge < -0.3 is 19.1 Å². The minimum absolute atomic E-state index is 0.146. The van der Waals surface area contributed by atoms with Crippen molar-refractivity contribution in [3.05, 3.63) is 77.1 Å². The molecule has 1 aliphatic heterocycles. The van der Waals surface area contributed by atoms with E-state index in [0.29, 0.717) is 31.8 Å². The fourth-order valence-electron chi connectivity index (χ4n) is 3.65. The van der Waals surface area contributed by atoms with E-state index >= 15 is 0 Å². The smallest absolute Gasteiger partial charge is 0.274 e. The highest BCUT2D eigenvalue weighted by molar-refractivity contribution is 5.92. The van der Waals surface area contributed by atoms with Gasteiger partial charge in [-0.3, -0.25) is 14.8 Å². The van der Waals surface area contributed by atoms with Crippen molar-refractivity contribution in [2.24, 2.45) is 0 Å². The molecular formula is C24H26N4O4. The molecule has 2 aromatic heterocycles. The lowest BCUT2D eigenvalue weighted by atomic mass is 10.0. The summed E-state index contributed by atoms with van der Waals surface area (Å²) in [4.78, 5) is 27.5. The Labute approximate surface area is 187 Å². The fourth-order valence-corrected chi connectivity index (χ4v) is 3.65. The van der Waals surface area contributed by atoms with Crippen LogP contribution in [0.15, 0.2) is 48.9 Å². The van der Waals surface area contributed by atoms with Gasteiger partial charge in [-0.15, -0.1) is 0 Å². The van der Waals surface area contributed by atoms with Gasteiger partial charge in [0.15, 0.2) is 0 Å². The van der Waals surface area contributed by atoms with E-state index in [2.05, 4.69) is 15.0 Å². The van der Waals surface area contributed by atoms with Gasteiger partial charge in [0.1, 0.15) is 23.3 Å². The molecule has 1 fully saturated rings. The third kappa shape index (κ3) is 4.86. The van der Waals surface area contributed by atoms with Gasteiger partial charge in [0, 0.05) is 30.9 Å². The molecule has 3 aromatic rings. The Morgan fingerprint density at radius 3 is 2.66 bits per heavy atom. The predicted octanol–water partition coefficient (Wildman–Crippen LogP) is 3.00. The predicted molar refractivity (Wildman–Crippen MR) is 118 cm³/mol. The first-order valence-corrected chi connectivity index (χ1v) is 10.4. The first-order valence-electron chi connectivity index (χ1n) is 10.4. The standard InChI is InChI=1S/C24H26N4O4/c1-16-12-26-21(14-25-16)24(29)28-8-9-32-23(15-28)20-6-4-17(13-27-20)10-18-11-19(30-2)5-7-22(18)31-3/h4-7,11-14,23H,8-10,15H2,1-3H3/t23-/m1/s1. The maximum absolute atomic E-state index is 12.8. The van der Waals surface area contributed by atoms with Crippen molar-refractivity contribution in [1.29, 1.82) is 0 Å². The van der Waals surface area contributed by atoms with Gasteiger partial charge >= 0.3 is 0 Å². The number of benzene rings is 1. The minimum Gasteiger partial charge on any atom is -0.497 e. The SMILES string of the molecule is COc1ccc(OC)c(Cc2ccc([C@H]3CN(C(=O)c4cnc(C)cn4)CCO3)nc2)c1. The molecular weight excluding hydrogens is 408 g/mol. The third-order valence-corrected chi connectivity index (χ3v) is 5.41. The molecule has 0 aliphatic carbocycles. The van der Waals surface area contributed by atoms with E-state index < -0.39 is 0 Å². The Bertz CT molecular complexity index is 1070. The largest absolute Gasteiger partial charge is 0.497 e. The molecule has 0 radical (unpaired) electrons. The molecule has 1 amide bonds. The van der Waals surface area contributed by atoms with Crippen molar-refractivity contribution in [2.75, 3.05) is 33.9 Å². The number of rotatable bonds is 6. The Morgan fingerprint density at radius 1 is 1.09 bits per heavy atom. The van der Waals surface area contributed by atoms with E-state index in [1.807, 2.05) is 43.5 Å². The van der Waals surface area contributed by atoms with Gasteiger partial charge in [0.05, 0.1) is 45.0 Å². The van der Waals surface area contributed by atoms with Crippen molar-refractivity contribution in [2.45, 2.75) is 19.4 Å². The molecule has 1 atom stereocenters. The molecule has 0 unspecified atom stereocenters. The Balaban J connectivity index is 1.45. The van der Waals surface area contributed by atoms with Gasteiger partial charge in [-0.25, -0.2) is 4.98 Å². The lowest BCUT2D eigenvalue weighted by molar-refractivity contribution is -0.0249. The van der Waals surface area contributed by atoms with E-state index in [4.69, 9.17) is 14.2 Å². The van der Waals surface area contributed by atoms with Crippen molar-refractivity contribution in [3.63, 3.8) is 0 Å². The highest BCUT2D eigenvalue weighted by Crippen LogP contribution is 2.27. The first kappa shape index (κ1) is 21.7. The lowest BCUT2D eigenvalue weighted by Crippen LogP contribution is -2.42. The zero-order chi connectivity index (χ0) is 22.5. The van der Waals surface area contributed by atoms with Crippen LogP contribution in [0.2, 0.25) is 0 Å². The number of carbonyl (C=O) groups excluding carboxylic acids is 1. The molecule has 1 aliphatic rings. The topological polar surface area (TPSA) is 86.7 Å². The summed E-state index contributed by atoms with van der Waals surface area (Å²) in [5.41, 5.74) is 3.97. The van der Waals surface area contributed by atoms with E-state index in [-0.39, 0.29) is 12.0 Å². The zero-order valence-electron chi connectivity index (χ0n) is 18.4. The molecule has 1 aromatic carbocycles. The number of pyridine rings is 1. The number of aryl methyl sites for hydroxylation is 1. The Hall–Kier alpha value is -3.52. The van der Waals surface area contributed by atoms with Crippen LogP contribution < -0.4 is 9.47 Å². The molecule has 1 saturated heterocycles. The maximum atomic E-state index is 12.8. The van der Waals surface area contributed by atoms with Crippen LogP contribution in [-0.2, 0) is 11.2 Å². The molecule has 4 rings (SSSR count). The molecule has 8 nitrogen and oxygen atoms in total. The number of hydrogen-bond acceptors (Lipinski definition) is 7. The second-order valence-corrected chi connectivity index (χ2v) is 7.60. The number of methoxy groups -OCH3 is 2. The van der Waals surface area contributed by atoms with Crippen LogP contribution in [0, 0.1) is 6.92 Å². The van der Waals surface area contributed by atoms with Crippen LogP contribution in [0.5, 0.6) is 11.5 Å². The number of carbonyl (C=O) groups is 1. The summed E-state index contributed by atoms with van der Waals surface area (Å²) in [5, 5.41) is 0. The molecule has 0 bridgehead atoms. The molecule has 0 spiro atoms. The molecule has 32 heavy (non-hydrogen) atoms. The van der Waals surface area contributed by atoms with Crippen LogP contribution in [0.1, 0.15) is 39.1 Å². The fraction of sp³-hybridized carbons (Fsp3) is 0.333. The van der Waals surface area contributed by atoms with Crippen molar-refractivity contribution in [1.82, 2.24) is 19.9 Å². The number of nitrogens with zero attached hydrogens (tertiary/aromatic N) is 4. The molecule has 3 heterocycles. The second kappa shape index (κ2) is 9.74. The van der Waals surface area contributed by atoms with Gasteiger partial charge in [-0.2, -0.15) is 0 Å². The molecule has 8 heteroatoms. The number of ether oxygens (including phenoxy) is 3. The normalized spacial score (nSPS) is 16.0. The van der Waals surface area contributed by atoms with Crippen LogP contribution >= 0.6 is 0 Å². The average molecular weight is 434 g/mol. The monoisotopic (exact) mass is 434 g/mol.